The Morgan fingerprint density at radius 1 is 1.53 bits per heavy atom. The van der Waals surface area contributed by atoms with Gasteiger partial charge in [0.25, 0.3) is 0 Å². The van der Waals surface area contributed by atoms with Gasteiger partial charge in [-0.15, -0.1) is 0 Å². The van der Waals surface area contributed by atoms with E-state index in [0.29, 0.717) is 6.04 Å². The highest BCUT2D eigenvalue weighted by Crippen LogP contribution is 2.33. The van der Waals surface area contributed by atoms with Gasteiger partial charge < -0.3 is 4.90 Å². The van der Waals surface area contributed by atoms with Crippen molar-refractivity contribution in [3.05, 3.63) is 17.0 Å². The van der Waals surface area contributed by atoms with Crippen LogP contribution < -0.4 is 4.90 Å². The van der Waals surface area contributed by atoms with Gasteiger partial charge in [0.1, 0.15) is 12.1 Å². The Morgan fingerprint density at radius 3 is 2.93 bits per heavy atom. The standard InChI is InChI=1S/C11H16BrN3/c1-2-3-6-15(9-4-5-9)11-10(12)7-13-8-14-11/h7-9H,2-6H2,1H3. The molecule has 1 aliphatic rings. The van der Waals surface area contributed by atoms with Gasteiger partial charge in [-0.3, -0.25) is 0 Å². The maximum Gasteiger partial charge on any atom is 0.146 e. The number of aromatic nitrogens is 2. The summed E-state index contributed by atoms with van der Waals surface area (Å²) in [6, 6.07) is 0.711. The predicted molar refractivity (Wildman–Crippen MR) is 65.0 cm³/mol. The fourth-order valence-corrected chi connectivity index (χ4v) is 2.14. The molecule has 0 N–H and O–H groups in total. The summed E-state index contributed by atoms with van der Waals surface area (Å²) in [6.07, 6.45) is 8.52. The summed E-state index contributed by atoms with van der Waals surface area (Å²) < 4.78 is 1.01. The fraction of sp³-hybridized carbons (Fsp3) is 0.636. The zero-order valence-corrected chi connectivity index (χ0v) is 10.6. The number of unbranched alkanes of at least 4 members (excludes halogenated alkanes) is 1. The molecular weight excluding hydrogens is 254 g/mol. The van der Waals surface area contributed by atoms with Gasteiger partial charge in [-0.1, -0.05) is 13.3 Å². The van der Waals surface area contributed by atoms with Crippen molar-refractivity contribution in [1.29, 1.82) is 0 Å². The summed E-state index contributed by atoms with van der Waals surface area (Å²) >= 11 is 3.52. The second kappa shape index (κ2) is 4.92. The van der Waals surface area contributed by atoms with E-state index in [4.69, 9.17) is 0 Å². The number of hydrogen-bond donors (Lipinski definition) is 0. The van der Waals surface area contributed by atoms with E-state index in [0.717, 1.165) is 16.8 Å². The Kier molecular flexibility index (Phi) is 3.57. The minimum Gasteiger partial charge on any atom is -0.353 e. The summed E-state index contributed by atoms with van der Waals surface area (Å²) in [5.74, 6) is 1.06. The Labute approximate surface area is 99.0 Å². The van der Waals surface area contributed by atoms with Crippen LogP contribution in [0.5, 0.6) is 0 Å². The molecule has 0 saturated heterocycles. The average molecular weight is 270 g/mol. The van der Waals surface area contributed by atoms with E-state index >= 15 is 0 Å². The molecule has 0 aliphatic heterocycles. The molecule has 0 aromatic carbocycles. The highest BCUT2D eigenvalue weighted by Gasteiger charge is 2.30. The summed E-state index contributed by atoms with van der Waals surface area (Å²) in [6.45, 7) is 3.33. The van der Waals surface area contributed by atoms with Crippen LogP contribution in [0.25, 0.3) is 0 Å². The molecule has 1 aliphatic carbocycles. The minimum absolute atomic E-state index is 0.711. The second-order valence-corrected chi connectivity index (χ2v) is 4.83. The van der Waals surface area contributed by atoms with Crippen LogP contribution in [0.4, 0.5) is 5.82 Å². The van der Waals surface area contributed by atoms with Crippen LogP contribution in [0, 0.1) is 0 Å². The van der Waals surface area contributed by atoms with Crippen molar-refractivity contribution in [3.63, 3.8) is 0 Å². The molecule has 1 heterocycles. The van der Waals surface area contributed by atoms with Crippen LogP contribution in [0.3, 0.4) is 0 Å². The molecule has 1 saturated carbocycles. The zero-order chi connectivity index (χ0) is 10.7. The molecule has 4 heteroatoms. The molecule has 0 atom stereocenters. The van der Waals surface area contributed by atoms with E-state index in [9.17, 15) is 0 Å². The van der Waals surface area contributed by atoms with Crippen molar-refractivity contribution in [2.75, 3.05) is 11.4 Å². The van der Waals surface area contributed by atoms with Gasteiger partial charge in [0, 0.05) is 18.8 Å². The second-order valence-electron chi connectivity index (χ2n) is 3.97. The molecule has 1 aromatic rings. The average Bonchev–Trinajstić information content (AvgIpc) is 3.05. The first-order valence-corrected chi connectivity index (χ1v) is 6.34. The van der Waals surface area contributed by atoms with Crippen LogP contribution in [0.1, 0.15) is 32.6 Å². The SMILES string of the molecule is CCCCN(c1ncncc1Br)C1CC1. The smallest absolute Gasteiger partial charge is 0.146 e. The van der Waals surface area contributed by atoms with E-state index in [-0.39, 0.29) is 0 Å². The molecule has 15 heavy (non-hydrogen) atoms. The van der Waals surface area contributed by atoms with Gasteiger partial charge >= 0.3 is 0 Å². The molecule has 3 nitrogen and oxygen atoms in total. The van der Waals surface area contributed by atoms with Crippen molar-refractivity contribution in [3.8, 4) is 0 Å². The molecule has 1 aromatic heterocycles. The van der Waals surface area contributed by atoms with Gasteiger partial charge in [-0.25, -0.2) is 9.97 Å². The highest BCUT2D eigenvalue weighted by molar-refractivity contribution is 9.10. The van der Waals surface area contributed by atoms with Crippen molar-refractivity contribution < 1.29 is 0 Å². The van der Waals surface area contributed by atoms with Crippen molar-refractivity contribution >= 4 is 21.7 Å². The Hall–Kier alpha value is -0.640. The van der Waals surface area contributed by atoms with Crippen molar-refractivity contribution in [2.45, 2.75) is 38.6 Å². The Morgan fingerprint density at radius 2 is 2.33 bits per heavy atom. The molecule has 0 amide bonds. The Balaban J connectivity index is 2.13. The van der Waals surface area contributed by atoms with Crippen LogP contribution in [-0.2, 0) is 0 Å². The van der Waals surface area contributed by atoms with E-state index < -0.39 is 0 Å². The first-order valence-electron chi connectivity index (χ1n) is 5.55. The van der Waals surface area contributed by atoms with Gasteiger partial charge in [-0.2, -0.15) is 0 Å². The van der Waals surface area contributed by atoms with Crippen LogP contribution in [0.15, 0.2) is 17.0 Å². The van der Waals surface area contributed by atoms with Gasteiger partial charge in [0.05, 0.1) is 4.47 Å². The topological polar surface area (TPSA) is 29.0 Å². The molecule has 2 rings (SSSR count). The number of nitrogens with zero attached hydrogens (tertiary/aromatic N) is 3. The monoisotopic (exact) mass is 269 g/mol. The zero-order valence-electron chi connectivity index (χ0n) is 8.99. The third kappa shape index (κ3) is 2.68. The van der Waals surface area contributed by atoms with E-state index in [1.807, 2.05) is 6.20 Å². The normalized spacial score (nSPS) is 15.3. The van der Waals surface area contributed by atoms with Gasteiger partial charge in [0.15, 0.2) is 0 Å². The molecule has 0 radical (unpaired) electrons. The van der Waals surface area contributed by atoms with E-state index in [1.54, 1.807) is 6.33 Å². The third-order valence-electron chi connectivity index (χ3n) is 2.66. The van der Waals surface area contributed by atoms with Crippen LogP contribution >= 0.6 is 15.9 Å². The maximum atomic E-state index is 4.36. The van der Waals surface area contributed by atoms with E-state index in [2.05, 4.69) is 37.7 Å². The van der Waals surface area contributed by atoms with Crippen LogP contribution in [0.2, 0.25) is 0 Å². The minimum atomic E-state index is 0.711. The van der Waals surface area contributed by atoms with Crippen molar-refractivity contribution in [1.82, 2.24) is 9.97 Å². The molecular formula is C11H16BrN3. The fourth-order valence-electron chi connectivity index (χ4n) is 1.69. The summed E-state index contributed by atoms with van der Waals surface area (Å²) in [7, 11) is 0. The van der Waals surface area contributed by atoms with E-state index in [1.165, 1.54) is 25.7 Å². The van der Waals surface area contributed by atoms with Crippen LogP contribution in [-0.4, -0.2) is 22.6 Å². The lowest BCUT2D eigenvalue weighted by atomic mass is 10.3. The summed E-state index contributed by atoms with van der Waals surface area (Å²) in [5.41, 5.74) is 0. The molecule has 0 unspecified atom stereocenters. The van der Waals surface area contributed by atoms with Gasteiger partial charge in [-0.05, 0) is 35.2 Å². The molecule has 0 spiro atoms. The van der Waals surface area contributed by atoms with Crippen molar-refractivity contribution in [2.24, 2.45) is 0 Å². The Bertz CT molecular complexity index is 325. The molecule has 0 bridgehead atoms. The molecule has 1 fully saturated rings. The lowest BCUT2D eigenvalue weighted by molar-refractivity contribution is 0.702. The predicted octanol–water partition coefficient (Wildman–Crippen LogP) is 3.01. The molecule has 82 valence electrons. The lowest BCUT2D eigenvalue weighted by Crippen LogP contribution is -2.28. The maximum absolute atomic E-state index is 4.36. The number of hydrogen-bond acceptors (Lipinski definition) is 3. The summed E-state index contributed by atoms with van der Waals surface area (Å²) in [4.78, 5) is 10.8. The number of anilines is 1. The first kappa shape index (κ1) is 10.9. The quantitative estimate of drug-likeness (QED) is 0.823. The lowest BCUT2D eigenvalue weighted by Gasteiger charge is -2.23. The largest absolute Gasteiger partial charge is 0.353 e. The number of rotatable bonds is 5. The number of halogens is 1. The van der Waals surface area contributed by atoms with Gasteiger partial charge in [0.2, 0.25) is 0 Å². The summed E-state index contributed by atoms with van der Waals surface area (Å²) in [5, 5.41) is 0. The third-order valence-corrected chi connectivity index (χ3v) is 3.22. The first-order chi connectivity index (χ1) is 7.33. The highest BCUT2D eigenvalue weighted by atomic mass is 79.9.